The topological polar surface area (TPSA) is 63.4 Å². The fourth-order valence-electron chi connectivity index (χ4n) is 3.05. The molecule has 0 aliphatic carbocycles. The van der Waals surface area contributed by atoms with Crippen molar-refractivity contribution in [2.45, 2.75) is 45.7 Å². The minimum absolute atomic E-state index is 0.0703. The number of aryl methyl sites for hydroxylation is 2. The van der Waals surface area contributed by atoms with Crippen LogP contribution in [-0.4, -0.2) is 43.5 Å². The van der Waals surface area contributed by atoms with Crippen LogP contribution in [0.3, 0.4) is 0 Å². The van der Waals surface area contributed by atoms with Gasteiger partial charge in [-0.2, -0.15) is 18.2 Å². The number of fused-ring (bicyclic) bond motifs is 1. The van der Waals surface area contributed by atoms with E-state index in [1.54, 1.807) is 13.8 Å². The van der Waals surface area contributed by atoms with Gasteiger partial charge in [0.15, 0.2) is 0 Å². The molecule has 1 amide bonds. The van der Waals surface area contributed by atoms with Gasteiger partial charge in [0.2, 0.25) is 5.91 Å². The monoisotopic (exact) mass is 341 g/mol. The lowest BCUT2D eigenvalue weighted by Gasteiger charge is -2.16. The van der Waals surface area contributed by atoms with Gasteiger partial charge < -0.3 is 4.90 Å². The molecule has 3 heterocycles. The van der Waals surface area contributed by atoms with E-state index in [9.17, 15) is 18.0 Å². The maximum Gasteiger partial charge on any atom is 0.453 e. The highest BCUT2D eigenvalue weighted by Crippen LogP contribution is 2.27. The van der Waals surface area contributed by atoms with Gasteiger partial charge >= 0.3 is 6.18 Å². The molecule has 0 aromatic carbocycles. The smallest absolute Gasteiger partial charge is 0.343 e. The summed E-state index contributed by atoms with van der Waals surface area (Å²) in [5.74, 6) is -1.21. The fraction of sp³-hybridized carbons (Fsp3) is 0.600. The van der Waals surface area contributed by atoms with Crippen molar-refractivity contribution in [2.24, 2.45) is 0 Å². The van der Waals surface area contributed by atoms with Crippen molar-refractivity contribution < 1.29 is 18.0 Å². The summed E-state index contributed by atoms with van der Waals surface area (Å²) in [4.78, 5) is 21.5. The van der Waals surface area contributed by atoms with Gasteiger partial charge in [-0.05, 0) is 38.7 Å². The van der Waals surface area contributed by atoms with Gasteiger partial charge in [-0.1, -0.05) is 0 Å². The van der Waals surface area contributed by atoms with Crippen molar-refractivity contribution in [3.8, 4) is 0 Å². The van der Waals surface area contributed by atoms with Gasteiger partial charge in [-0.25, -0.2) is 9.50 Å². The zero-order chi connectivity index (χ0) is 17.5. The number of carbonyl (C=O) groups is 1. The fourth-order valence-corrected chi connectivity index (χ4v) is 3.05. The van der Waals surface area contributed by atoms with Crippen molar-refractivity contribution in [2.75, 3.05) is 13.1 Å². The third-order valence-corrected chi connectivity index (χ3v) is 4.35. The van der Waals surface area contributed by atoms with Gasteiger partial charge in [0.25, 0.3) is 11.6 Å². The Balaban J connectivity index is 1.86. The van der Waals surface area contributed by atoms with Crippen molar-refractivity contribution in [1.29, 1.82) is 0 Å². The molecule has 0 spiro atoms. The number of aromatic nitrogens is 4. The van der Waals surface area contributed by atoms with Gasteiger partial charge in [0.05, 0.1) is 0 Å². The third kappa shape index (κ3) is 3.07. The molecular weight excluding hydrogens is 323 g/mol. The van der Waals surface area contributed by atoms with E-state index in [1.165, 1.54) is 0 Å². The maximum atomic E-state index is 12.8. The lowest BCUT2D eigenvalue weighted by atomic mass is 10.1. The Bertz CT molecular complexity index is 777. The molecule has 0 saturated carbocycles. The number of amides is 1. The third-order valence-electron chi connectivity index (χ3n) is 4.35. The van der Waals surface area contributed by atoms with Gasteiger partial charge in [-0.15, -0.1) is 5.10 Å². The van der Waals surface area contributed by atoms with E-state index in [0.29, 0.717) is 24.2 Å². The largest absolute Gasteiger partial charge is 0.453 e. The summed E-state index contributed by atoms with van der Waals surface area (Å²) in [5.41, 5.74) is 1.86. The first-order valence-corrected chi connectivity index (χ1v) is 7.85. The Morgan fingerprint density at radius 1 is 1.17 bits per heavy atom. The molecule has 6 nitrogen and oxygen atoms in total. The van der Waals surface area contributed by atoms with Crippen LogP contribution < -0.4 is 0 Å². The molecule has 0 bridgehead atoms. The van der Waals surface area contributed by atoms with E-state index in [-0.39, 0.29) is 11.7 Å². The predicted molar refractivity (Wildman–Crippen MR) is 79.4 cm³/mol. The Morgan fingerprint density at radius 3 is 2.46 bits per heavy atom. The first kappa shape index (κ1) is 16.7. The summed E-state index contributed by atoms with van der Waals surface area (Å²) in [7, 11) is 0. The number of carbonyl (C=O) groups excluding carboxylic acids is 1. The van der Waals surface area contributed by atoms with E-state index in [2.05, 4.69) is 15.1 Å². The second kappa shape index (κ2) is 6.03. The summed E-state index contributed by atoms with van der Waals surface area (Å²) in [6, 6.07) is 0. The van der Waals surface area contributed by atoms with Crippen LogP contribution in [0.15, 0.2) is 0 Å². The van der Waals surface area contributed by atoms with E-state index < -0.39 is 12.0 Å². The number of nitrogens with zero attached hydrogens (tertiary/aromatic N) is 5. The minimum Gasteiger partial charge on any atom is -0.343 e. The second-order valence-corrected chi connectivity index (χ2v) is 5.99. The van der Waals surface area contributed by atoms with Crippen molar-refractivity contribution >= 4 is 11.7 Å². The number of hydrogen-bond acceptors (Lipinski definition) is 4. The number of halogens is 3. The molecule has 0 unspecified atom stereocenters. The Hall–Kier alpha value is -2.19. The van der Waals surface area contributed by atoms with Gasteiger partial charge in [0.1, 0.15) is 0 Å². The number of alkyl halides is 3. The van der Waals surface area contributed by atoms with Crippen LogP contribution in [0, 0.1) is 13.8 Å². The molecule has 0 radical (unpaired) electrons. The van der Waals surface area contributed by atoms with E-state index in [0.717, 1.165) is 36.0 Å². The van der Waals surface area contributed by atoms with Crippen LogP contribution in [0.25, 0.3) is 5.78 Å². The molecule has 1 fully saturated rings. The molecule has 1 saturated heterocycles. The van der Waals surface area contributed by atoms with E-state index >= 15 is 0 Å². The molecule has 0 N–H and O–H groups in total. The lowest BCUT2D eigenvalue weighted by molar-refractivity contribution is -0.144. The highest BCUT2D eigenvalue weighted by atomic mass is 19.4. The molecule has 1 aliphatic heterocycles. The molecule has 0 atom stereocenters. The number of likely N-dealkylation sites (tertiary alicyclic amines) is 1. The van der Waals surface area contributed by atoms with Gasteiger partial charge in [0, 0.05) is 30.9 Å². The molecule has 3 rings (SSSR count). The average molecular weight is 341 g/mol. The average Bonchev–Trinajstić information content (AvgIpc) is 3.15. The molecule has 2 aromatic heterocycles. The van der Waals surface area contributed by atoms with Crippen molar-refractivity contribution in [1.82, 2.24) is 24.5 Å². The summed E-state index contributed by atoms with van der Waals surface area (Å²) >= 11 is 0. The van der Waals surface area contributed by atoms with Crippen molar-refractivity contribution in [3.05, 3.63) is 22.8 Å². The van der Waals surface area contributed by atoms with Crippen LogP contribution in [0.2, 0.25) is 0 Å². The molecular formula is C15H18F3N5O. The second-order valence-electron chi connectivity index (χ2n) is 5.99. The Kier molecular flexibility index (Phi) is 4.18. The minimum atomic E-state index is -4.61. The number of hydrogen-bond donors (Lipinski definition) is 0. The highest BCUT2D eigenvalue weighted by molar-refractivity contribution is 5.76. The molecule has 1 aliphatic rings. The standard InChI is InChI=1S/C15H18F3N5O/c1-9-11(5-6-12(24)22-7-3-4-8-22)10(2)23-14(19-9)20-13(21-23)15(16,17)18/h3-8H2,1-2H3. The Labute approximate surface area is 136 Å². The highest BCUT2D eigenvalue weighted by Gasteiger charge is 2.37. The van der Waals surface area contributed by atoms with Crippen LogP contribution in [-0.2, 0) is 17.4 Å². The SMILES string of the molecule is Cc1nc2nc(C(F)(F)F)nn2c(C)c1CCC(=O)N1CCCC1. The number of rotatable bonds is 3. The maximum absolute atomic E-state index is 12.8. The van der Waals surface area contributed by atoms with E-state index in [1.807, 2.05) is 4.90 Å². The quantitative estimate of drug-likeness (QED) is 0.859. The zero-order valence-corrected chi connectivity index (χ0v) is 13.5. The van der Waals surface area contributed by atoms with Crippen LogP contribution in [0.1, 0.15) is 42.0 Å². The molecule has 24 heavy (non-hydrogen) atoms. The van der Waals surface area contributed by atoms with Crippen LogP contribution >= 0.6 is 0 Å². The van der Waals surface area contributed by atoms with Crippen LogP contribution in [0.4, 0.5) is 13.2 Å². The molecule has 2 aromatic rings. The normalized spacial score (nSPS) is 15.5. The molecule has 130 valence electrons. The summed E-state index contributed by atoms with van der Waals surface area (Å²) in [6.07, 6.45) is -1.82. The summed E-state index contributed by atoms with van der Waals surface area (Å²) < 4.78 is 39.4. The first-order chi connectivity index (χ1) is 11.3. The Morgan fingerprint density at radius 2 is 1.83 bits per heavy atom. The lowest BCUT2D eigenvalue weighted by Crippen LogP contribution is -2.28. The molecule has 9 heteroatoms. The van der Waals surface area contributed by atoms with Gasteiger partial charge in [-0.3, -0.25) is 4.79 Å². The first-order valence-electron chi connectivity index (χ1n) is 7.85. The van der Waals surface area contributed by atoms with E-state index in [4.69, 9.17) is 0 Å². The zero-order valence-electron chi connectivity index (χ0n) is 13.5. The summed E-state index contributed by atoms with van der Waals surface area (Å²) in [6.45, 7) is 4.95. The van der Waals surface area contributed by atoms with Crippen LogP contribution in [0.5, 0.6) is 0 Å². The summed E-state index contributed by atoms with van der Waals surface area (Å²) in [5, 5.41) is 3.51. The predicted octanol–water partition coefficient (Wildman–Crippen LogP) is 2.31. The van der Waals surface area contributed by atoms with Crippen molar-refractivity contribution in [3.63, 3.8) is 0 Å².